The molecular formula is C31H32ClN3O5. The summed E-state index contributed by atoms with van der Waals surface area (Å²) in [7, 11) is 1.28. The number of hydrogen-bond donors (Lipinski definition) is 2. The maximum absolute atomic E-state index is 13.6. The van der Waals surface area contributed by atoms with E-state index in [1.54, 1.807) is 37.3 Å². The lowest BCUT2D eigenvalue weighted by atomic mass is 10.0. The zero-order chi connectivity index (χ0) is 28.4. The first kappa shape index (κ1) is 27.7. The van der Waals surface area contributed by atoms with Crippen LogP contribution in [0.2, 0.25) is 5.02 Å². The Morgan fingerprint density at radius 2 is 1.80 bits per heavy atom. The van der Waals surface area contributed by atoms with E-state index in [-0.39, 0.29) is 30.3 Å². The first-order chi connectivity index (χ1) is 19.3. The van der Waals surface area contributed by atoms with Gasteiger partial charge in [0.1, 0.15) is 18.0 Å². The molecule has 0 spiro atoms. The molecule has 0 aliphatic carbocycles. The number of rotatable bonds is 7. The normalized spacial score (nSPS) is 19.7. The Labute approximate surface area is 238 Å². The predicted octanol–water partition coefficient (Wildman–Crippen LogP) is 4.77. The summed E-state index contributed by atoms with van der Waals surface area (Å²) in [6, 6.07) is 18.5. The number of hydrogen-bond acceptors (Lipinski definition) is 6. The molecule has 2 heterocycles. The number of carbonyl (C=O) groups is 3. The van der Waals surface area contributed by atoms with Crippen molar-refractivity contribution >= 4 is 35.1 Å². The van der Waals surface area contributed by atoms with Gasteiger partial charge in [0, 0.05) is 18.7 Å². The molecule has 2 fully saturated rings. The van der Waals surface area contributed by atoms with Crippen LogP contribution in [0, 0.1) is 6.92 Å². The van der Waals surface area contributed by atoms with Crippen molar-refractivity contribution in [1.29, 1.82) is 0 Å². The molecule has 5 rings (SSSR count). The van der Waals surface area contributed by atoms with Crippen molar-refractivity contribution in [3.8, 4) is 5.75 Å². The number of nitrogens with zero attached hydrogens (tertiary/aromatic N) is 2. The highest BCUT2D eigenvalue weighted by atomic mass is 35.5. The second-order valence-electron chi connectivity index (χ2n) is 10.3. The molecule has 0 aromatic heterocycles. The zero-order valence-electron chi connectivity index (χ0n) is 22.5. The number of phenols is 1. The number of aryl methyl sites for hydroxylation is 1. The minimum atomic E-state index is -0.925. The minimum Gasteiger partial charge on any atom is -0.508 e. The van der Waals surface area contributed by atoms with Crippen molar-refractivity contribution < 1.29 is 24.2 Å². The van der Waals surface area contributed by atoms with Crippen LogP contribution in [-0.4, -0.2) is 53.5 Å². The summed E-state index contributed by atoms with van der Waals surface area (Å²) < 4.78 is 4.96. The van der Waals surface area contributed by atoms with Crippen LogP contribution in [0.15, 0.2) is 66.7 Å². The van der Waals surface area contributed by atoms with Gasteiger partial charge in [-0.25, -0.2) is 4.79 Å². The molecule has 2 aliphatic heterocycles. The molecule has 2 saturated heterocycles. The molecule has 2 amide bonds. The Bertz CT molecular complexity index is 1390. The number of fused-ring (bicyclic) bond motifs is 1. The lowest BCUT2D eigenvalue weighted by Crippen LogP contribution is -2.43. The SMILES string of the molecule is COC(=O)[C@H](Cc1ccc(N2C(=O)[C@@H]3CCCCN3C2c2ccc(O)cc2)cc1)NC(=O)c1c(C)cccc1Cl. The van der Waals surface area contributed by atoms with Crippen LogP contribution in [0.4, 0.5) is 5.69 Å². The molecule has 1 unspecified atom stereocenters. The Kier molecular flexibility index (Phi) is 8.09. The Morgan fingerprint density at radius 3 is 2.48 bits per heavy atom. The average molecular weight is 562 g/mol. The van der Waals surface area contributed by atoms with E-state index in [9.17, 15) is 19.5 Å². The topological polar surface area (TPSA) is 99.2 Å². The van der Waals surface area contributed by atoms with Crippen molar-refractivity contribution in [2.24, 2.45) is 0 Å². The Hall–Kier alpha value is -3.88. The van der Waals surface area contributed by atoms with Crippen molar-refractivity contribution in [2.45, 2.75) is 50.9 Å². The average Bonchev–Trinajstić information content (AvgIpc) is 3.25. The number of nitrogens with one attached hydrogen (secondary N) is 1. The predicted molar refractivity (Wildman–Crippen MR) is 152 cm³/mol. The van der Waals surface area contributed by atoms with Gasteiger partial charge in [0.05, 0.1) is 23.7 Å². The lowest BCUT2D eigenvalue weighted by molar-refractivity contribution is -0.142. The highest BCUT2D eigenvalue weighted by molar-refractivity contribution is 6.34. The summed E-state index contributed by atoms with van der Waals surface area (Å²) in [5.74, 6) is -0.788. The molecule has 0 radical (unpaired) electrons. The summed E-state index contributed by atoms with van der Waals surface area (Å²) in [6.07, 6.45) is 2.78. The first-order valence-electron chi connectivity index (χ1n) is 13.4. The number of esters is 1. The Balaban J connectivity index is 1.39. The number of phenolic OH excluding ortho intramolecular Hbond substituents is 1. The number of halogens is 1. The van der Waals surface area contributed by atoms with Crippen molar-refractivity contribution in [1.82, 2.24) is 10.2 Å². The molecule has 208 valence electrons. The van der Waals surface area contributed by atoms with Crippen molar-refractivity contribution in [2.75, 3.05) is 18.6 Å². The second-order valence-corrected chi connectivity index (χ2v) is 10.7. The molecule has 3 atom stereocenters. The van der Waals surface area contributed by atoms with Crippen LogP contribution in [-0.2, 0) is 20.7 Å². The third-order valence-electron chi connectivity index (χ3n) is 7.71. The fourth-order valence-corrected chi connectivity index (χ4v) is 6.02. The molecule has 2 aliphatic rings. The van der Waals surface area contributed by atoms with Gasteiger partial charge >= 0.3 is 5.97 Å². The van der Waals surface area contributed by atoms with E-state index in [0.29, 0.717) is 16.1 Å². The van der Waals surface area contributed by atoms with Gasteiger partial charge in [0.2, 0.25) is 5.91 Å². The van der Waals surface area contributed by atoms with Gasteiger partial charge in [0.15, 0.2) is 0 Å². The summed E-state index contributed by atoms with van der Waals surface area (Å²) in [4.78, 5) is 43.3. The third kappa shape index (κ3) is 5.42. The van der Waals surface area contributed by atoms with Gasteiger partial charge in [0.25, 0.3) is 5.91 Å². The molecule has 0 saturated carbocycles. The van der Waals surface area contributed by atoms with Gasteiger partial charge in [-0.3, -0.25) is 19.4 Å². The number of anilines is 1. The lowest BCUT2D eigenvalue weighted by Gasteiger charge is -2.33. The van der Waals surface area contributed by atoms with Gasteiger partial charge in [-0.05, 0) is 66.8 Å². The smallest absolute Gasteiger partial charge is 0.328 e. The van der Waals surface area contributed by atoms with Crippen LogP contribution in [0.1, 0.15) is 52.5 Å². The van der Waals surface area contributed by atoms with E-state index in [1.165, 1.54) is 7.11 Å². The van der Waals surface area contributed by atoms with Gasteiger partial charge in [-0.2, -0.15) is 0 Å². The summed E-state index contributed by atoms with van der Waals surface area (Å²) in [5.41, 5.74) is 3.49. The van der Waals surface area contributed by atoms with E-state index in [1.807, 2.05) is 41.3 Å². The highest BCUT2D eigenvalue weighted by Gasteiger charge is 2.48. The van der Waals surface area contributed by atoms with E-state index < -0.39 is 17.9 Å². The highest BCUT2D eigenvalue weighted by Crippen LogP contribution is 2.42. The van der Waals surface area contributed by atoms with E-state index in [4.69, 9.17) is 16.3 Å². The minimum absolute atomic E-state index is 0.0559. The summed E-state index contributed by atoms with van der Waals surface area (Å²) >= 11 is 6.26. The van der Waals surface area contributed by atoms with Gasteiger partial charge < -0.3 is 15.2 Å². The summed E-state index contributed by atoms with van der Waals surface area (Å²) in [6.45, 7) is 2.60. The molecule has 3 aromatic carbocycles. The maximum atomic E-state index is 13.6. The van der Waals surface area contributed by atoms with E-state index in [0.717, 1.165) is 42.6 Å². The molecule has 2 N–H and O–H groups in total. The fourth-order valence-electron chi connectivity index (χ4n) is 5.71. The number of ether oxygens (including phenoxy) is 1. The molecule has 9 heteroatoms. The third-order valence-corrected chi connectivity index (χ3v) is 8.03. The van der Waals surface area contributed by atoms with Crippen LogP contribution in [0.5, 0.6) is 5.75 Å². The fraction of sp³-hybridized carbons (Fsp3) is 0.323. The maximum Gasteiger partial charge on any atom is 0.328 e. The van der Waals surface area contributed by atoms with E-state index in [2.05, 4.69) is 10.2 Å². The number of piperidine rings is 1. The molecule has 40 heavy (non-hydrogen) atoms. The zero-order valence-corrected chi connectivity index (χ0v) is 23.2. The molecule has 3 aromatic rings. The molecule has 0 bridgehead atoms. The molecular weight excluding hydrogens is 530 g/mol. The Morgan fingerprint density at radius 1 is 1.07 bits per heavy atom. The van der Waals surface area contributed by atoms with Crippen LogP contribution in [0.3, 0.4) is 0 Å². The number of aromatic hydroxyl groups is 1. The van der Waals surface area contributed by atoms with Crippen LogP contribution >= 0.6 is 11.6 Å². The molecule has 8 nitrogen and oxygen atoms in total. The second kappa shape index (κ2) is 11.7. The van der Waals surface area contributed by atoms with E-state index >= 15 is 0 Å². The number of amides is 2. The monoisotopic (exact) mass is 561 g/mol. The van der Waals surface area contributed by atoms with Crippen molar-refractivity contribution in [3.63, 3.8) is 0 Å². The quantitative estimate of drug-likeness (QED) is 0.403. The summed E-state index contributed by atoms with van der Waals surface area (Å²) in [5, 5.41) is 12.9. The first-order valence-corrected chi connectivity index (χ1v) is 13.8. The number of benzene rings is 3. The number of methoxy groups -OCH3 is 1. The largest absolute Gasteiger partial charge is 0.508 e. The standard InChI is InChI=1S/C31H32ClN3O5/c1-19-6-5-7-24(32)27(19)28(37)33-25(31(39)40-2)18-20-9-13-22(14-10-20)35-29(21-11-15-23(36)16-12-21)34-17-4-3-8-26(34)30(35)38/h5-7,9-16,25-26,29,36H,3-4,8,17-18H2,1-2H3,(H,33,37)/t25-,26-,29?/m0/s1. The van der Waals surface area contributed by atoms with Crippen LogP contribution < -0.4 is 10.2 Å². The number of carbonyl (C=O) groups excluding carboxylic acids is 3. The van der Waals surface area contributed by atoms with Gasteiger partial charge in [-0.1, -0.05) is 54.4 Å². The van der Waals surface area contributed by atoms with Crippen molar-refractivity contribution in [3.05, 3.63) is 94.0 Å². The van der Waals surface area contributed by atoms with Gasteiger partial charge in [-0.15, -0.1) is 0 Å². The van der Waals surface area contributed by atoms with Crippen LogP contribution in [0.25, 0.3) is 0 Å².